The Morgan fingerprint density at radius 3 is 2.36 bits per heavy atom. The number of aliphatic hydroxyl groups excluding tert-OH is 2. The van der Waals surface area contributed by atoms with Gasteiger partial charge in [0.1, 0.15) is 0 Å². The molecule has 2 N–H and O–H groups in total. The Balaban J connectivity index is 1.74. The van der Waals surface area contributed by atoms with Gasteiger partial charge in [-0.25, -0.2) is 0 Å². The zero-order valence-electron chi connectivity index (χ0n) is 13.3. The Morgan fingerprint density at radius 2 is 1.91 bits per heavy atom. The predicted molar refractivity (Wildman–Crippen MR) is 90.2 cm³/mol. The summed E-state index contributed by atoms with van der Waals surface area (Å²) in [5.74, 6) is 0.141. The average Bonchev–Trinajstić information content (AvgIpc) is 2.81. The van der Waals surface area contributed by atoms with Gasteiger partial charge in [-0.15, -0.1) is 11.6 Å². The van der Waals surface area contributed by atoms with E-state index in [1.807, 2.05) is 12.1 Å². The molecule has 3 rings (SSSR count). The van der Waals surface area contributed by atoms with Crippen LogP contribution in [0, 0.1) is 5.41 Å². The van der Waals surface area contributed by atoms with E-state index < -0.39 is 0 Å². The Bertz CT molecular complexity index is 495. The van der Waals surface area contributed by atoms with Gasteiger partial charge in [-0.2, -0.15) is 0 Å². The number of alkyl halides is 1. The van der Waals surface area contributed by atoms with Gasteiger partial charge in [0, 0.05) is 16.7 Å². The molecule has 2 nitrogen and oxygen atoms in total. The van der Waals surface area contributed by atoms with Gasteiger partial charge < -0.3 is 10.2 Å². The van der Waals surface area contributed by atoms with Gasteiger partial charge >= 0.3 is 0 Å². The van der Waals surface area contributed by atoms with Crippen LogP contribution in [0.4, 0.5) is 0 Å². The molecule has 4 atom stereocenters. The van der Waals surface area contributed by atoms with Crippen molar-refractivity contribution in [2.24, 2.45) is 5.41 Å². The first kappa shape index (κ1) is 16.3. The van der Waals surface area contributed by atoms with E-state index in [4.69, 9.17) is 11.6 Å². The van der Waals surface area contributed by atoms with E-state index in [2.05, 4.69) is 19.1 Å². The summed E-state index contributed by atoms with van der Waals surface area (Å²) in [6, 6.07) is 8.23. The zero-order valence-corrected chi connectivity index (χ0v) is 14.1. The van der Waals surface area contributed by atoms with Crippen molar-refractivity contribution in [3.8, 4) is 0 Å². The highest BCUT2D eigenvalue weighted by Gasteiger charge is 2.43. The van der Waals surface area contributed by atoms with Crippen molar-refractivity contribution in [2.75, 3.05) is 0 Å². The van der Waals surface area contributed by atoms with Crippen molar-refractivity contribution in [3.63, 3.8) is 0 Å². The van der Waals surface area contributed by atoms with Crippen molar-refractivity contribution in [1.29, 1.82) is 0 Å². The highest BCUT2D eigenvalue weighted by atomic mass is 35.5. The van der Waals surface area contributed by atoms with Gasteiger partial charge in [0.25, 0.3) is 0 Å². The van der Waals surface area contributed by atoms with Crippen LogP contribution in [0.2, 0.25) is 0 Å². The molecule has 1 aromatic carbocycles. The van der Waals surface area contributed by atoms with Gasteiger partial charge in [0.15, 0.2) is 0 Å². The summed E-state index contributed by atoms with van der Waals surface area (Å²) in [5.41, 5.74) is 2.27. The average molecular weight is 323 g/mol. The van der Waals surface area contributed by atoms with E-state index in [1.165, 1.54) is 6.42 Å². The zero-order chi connectivity index (χ0) is 15.7. The summed E-state index contributed by atoms with van der Waals surface area (Å²) in [4.78, 5) is 0. The molecule has 2 aliphatic carbocycles. The largest absolute Gasteiger partial charge is 0.392 e. The highest BCUT2D eigenvalue weighted by molar-refractivity contribution is 6.20. The fourth-order valence-electron chi connectivity index (χ4n) is 4.38. The van der Waals surface area contributed by atoms with Crippen LogP contribution in [0.5, 0.6) is 0 Å². The molecule has 0 amide bonds. The number of halogens is 1. The second-order valence-electron chi connectivity index (χ2n) is 7.28. The lowest BCUT2D eigenvalue weighted by Gasteiger charge is -2.46. The highest BCUT2D eigenvalue weighted by Crippen LogP contribution is 2.53. The van der Waals surface area contributed by atoms with Crippen LogP contribution >= 0.6 is 11.6 Å². The summed E-state index contributed by atoms with van der Waals surface area (Å²) >= 11 is 6.15. The first-order chi connectivity index (χ1) is 10.6. The second kappa shape index (κ2) is 6.51. The lowest BCUT2D eigenvalue weighted by atomic mass is 9.61. The number of hydrogen-bond donors (Lipinski definition) is 2. The van der Waals surface area contributed by atoms with Crippen LogP contribution in [0.15, 0.2) is 24.3 Å². The topological polar surface area (TPSA) is 40.5 Å². The number of hydrogen-bond acceptors (Lipinski definition) is 2. The van der Waals surface area contributed by atoms with Crippen molar-refractivity contribution < 1.29 is 10.2 Å². The maximum absolute atomic E-state index is 10.8. The van der Waals surface area contributed by atoms with E-state index in [1.54, 1.807) is 0 Å². The Labute approximate surface area is 138 Å². The molecule has 122 valence electrons. The van der Waals surface area contributed by atoms with E-state index in [0.717, 1.165) is 43.2 Å². The van der Waals surface area contributed by atoms with Gasteiger partial charge in [-0.05, 0) is 43.2 Å². The third kappa shape index (κ3) is 2.93. The monoisotopic (exact) mass is 322 g/mol. The van der Waals surface area contributed by atoms with Crippen LogP contribution < -0.4 is 0 Å². The maximum Gasteiger partial charge on any atom is 0.0846 e. The van der Waals surface area contributed by atoms with Crippen LogP contribution in [0.25, 0.3) is 0 Å². The SMILES string of the molecule is CCCC1(C(O)c2ccc([C@@H]3C[C@H](Cl)C[C@H]3O)cc2)CCC1. The Morgan fingerprint density at radius 1 is 1.23 bits per heavy atom. The van der Waals surface area contributed by atoms with Crippen molar-refractivity contribution in [1.82, 2.24) is 0 Å². The fraction of sp³-hybridized carbons (Fsp3) is 0.684. The smallest absolute Gasteiger partial charge is 0.0846 e. The van der Waals surface area contributed by atoms with E-state index in [0.29, 0.717) is 6.42 Å². The summed E-state index contributed by atoms with van der Waals surface area (Å²) in [6.07, 6.45) is 6.56. The molecule has 2 saturated carbocycles. The van der Waals surface area contributed by atoms with E-state index >= 15 is 0 Å². The molecule has 3 heteroatoms. The maximum atomic E-state index is 10.8. The lowest BCUT2D eigenvalue weighted by molar-refractivity contribution is -0.0440. The molecule has 2 fully saturated rings. The summed E-state index contributed by atoms with van der Waals surface area (Å²) in [6.45, 7) is 2.19. The molecule has 0 aromatic heterocycles. The number of rotatable bonds is 5. The molecular weight excluding hydrogens is 296 g/mol. The molecule has 0 bridgehead atoms. The molecule has 22 heavy (non-hydrogen) atoms. The van der Waals surface area contributed by atoms with Crippen molar-refractivity contribution >= 4 is 11.6 Å². The Kier molecular flexibility index (Phi) is 4.82. The van der Waals surface area contributed by atoms with Gasteiger partial charge in [0.05, 0.1) is 12.2 Å². The minimum Gasteiger partial charge on any atom is -0.392 e. The summed E-state index contributed by atoms with van der Waals surface area (Å²) in [7, 11) is 0. The van der Waals surface area contributed by atoms with E-state index in [9.17, 15) is 10.2 Å². The molecule has 0 aliphatic heterocycles. The summed E-state index contributed by atoms with van der Waals surface area (Å²) in [5, 5.41) is 21.0. The minimum atomic E-state index is -0.357. The summed E-state index contributed by atoms with van der Waals surface area (Å²) < 4.78 is 0. The molecule has 1 aromatic rings. The molecular formula is C19H27ClO2. The van der Waals surface area contributed by atoms with Gasteiger partial charge in [0.2, 0.25) is 0 Å². The normalized spacial score (nSPS) is 31.7. The molecule has 1 unspecified atom stereocenters. The van der Waals surface area contributed by atoms with Gasteiger partial charge in [-0.1, -0.05) is 44.0 Å². The standard InChI is InChI=1S/C19H27ClO2/c1-2-8-19(9-3-10-19)18(22)14-6-4-13(5-7-14)16-11-15(20)12-17(16)21/h4-7,15-18,21-22H,2-3,8-12H2,1H3/t15-,16-,17+,18?/m0/s1. The van der Waals surface area contributed by atoms with E-state index in [-0.39, 0.29) is 28.9 Å². The lowest BCUT2D eigenvalue weighted by Crippen LogP contribution is -2.36. The van der Waals surface area contributed by atoms with Crippen LogP contribution in [0.1, 0.15) is 75.0 Å². The van der Waals surface area contributed by atoms with Crippen LogP contribution in [-0.2, 0) is 0 Å². The van der Waals surface area contributed by atoms with Crippen LogP contribution in [-0.4, -0.2) is 21.7 Å². The molecule has 0 heterocycles. The Hall–Kier alpha value is -0.570. The minimum absolute atomic E-state index is 0.0769. The first-order valence-electron chi connectivity index (χ1n) is 8.66. The molecule has 0 radical (unpaired) electrons. The molecule has 2 aliphatic rings. The molecule has 0 saturated heterocycles. The van der Waals surface area contributed by atoms with Crippen molar-refractivity contribution in [2.45, 2.75) is 75.4 Å². The third-order valence-electron chi connectivity index (χ3n) is 5.83. The number of benzene rings is 1. The number of aliphatic hydroxyl groups is 2. The third-order valence-corrected chi connectivity index (χ3v) is 6.19. The fourth-order valence-corrected chi connectivity index (χ4v) is 4.76. The quantitative estimate of drug-likeness (QED) is 0.781. The van der Waals surface area contributed by atoms with Crippen molar-refractivity contribution in [3.05, 3.63) is 35.4 Å². The molecule has 0 spiro atoms. The second-order valence-corrected chi connectivity index (χ2v) is 7.89. The predicted octanol–water partition coefficient (Wildman–Crippen LogP) is 4.54. The van der Waals surface area contributed by atoms with Crippen LogP contribution in [0.3, 0.4) is 0 Å². The van der Waals surface area contributed by atoms with Gasteiger partial charge in [-0.3, -0.25) is 0 Å². The first-order valence-corrected chi connectivity index (χ1v) is 9.09.